The van der Waals surface area contributed by atoms with Crippen LogP contribution in [0.3, 0.4) is 0 Å². The van der Waals surface area contributed by atoms with Crippen LogP contribution in [0.2, 0.25) is 0 Å². The minimum Gasteiger partial charge on any atom is -0.454 e. The monoisotopic (exact) mass is 376 g/mol. The van der Waals surface area contributed by atoms with Crippen molar-refractivity contribution in [1.29, 1.82) is 0 Å². The number of benzene rings is 2. The number of nitrogens with one attached hydrogen (secondary N) is 1. The van der Waals surface area contributed by atoms with E-state index in [1.807, 2.05) is 31.2 Å². The Balaban J connectivity index is 1.67. The molecular formula is C18H20N2O5S. The zero-order valence-electron chi connectivity index (χ0n) is 14.6. The van der Waals surface area contributed by atoms with Gasteiger partial charge in [-0.1, -0.05) is 17.7 Å². The number of hydrogen-bond acceptors (Lipinski definition) is 5. The third-order valence-electron chi connectivity index (χ3n) is 4.01. The Morgan fingerprint density at radius 3 is 2.50 bits per heavy atom. The number of sulfonamides is 1. The fourth-order valence-electron chi connectivity index (χ4n) is 2.61. The van der Waals surface area contributed by atoms with Gasteiger partial charge in [0.25, 0.3) is 0 Å². The third kappa shape index (κ3) is 3.97. The summed E-state index contributed by atoms with van der Waals surface area (Å²) >= 11 is 0. The normalized spacial score (nSPS) is 12.8. The summed E-state index contributed by atoms with van der Waals surface area (Å²) < 4.78 is 37.8. The quantitative estimate of drug-likeness (QED) is 0.834. The van der Waals surface area contributed by atoms with Crippen molar-refractivity contribution in [3.63, 3.8) is 0 Å². The molecule has 1 amide bonds. The Labute approximate surface area is 152 Å². The van der Waals surface area contributed by atoms with Gasteiger partial charge in [-0.2, -0.15) is 0 Å². The van der Waals surface area contributed by atoms with Gasteiger partial charge in [0.15, 0.2) is 11.5 Å². The Bertz CT molecular complexity index is 910. The number of aryl methyl sites for hydroxylation is 1. The predicted octanol–water partition coefficient (Wildman–Crippen LogP) is 2.06. The van der Waals surface area contributed by atoms with E-state index in [0.29, 0.717) is 11.5 Å². The van der Waals surface area contributed by atoms with Crippen LogP contribution >= 0.6 is 0 Å². The number of nitrogens with zero attached hydrogens (tertiary/aromatic N) is 1. The van der Waals surface area contributed by atoms with Crippen molar-refractivity contribution >= 4 is 21.6 Å². The second-order valence-corrected chi connectivity index (χ2v) is 7.69. The van der Waals surface area contributed by atoms with E-state index in [2.05, 4.69) is 4.72 Å². The first-order valence-corrected chi connectivity index (χ1v) is 9.59. The molecule has 0 aromatic heterocycles. The van der Waals surface area contributed by atoms with Crippen molar-refractivity contribution in [2.45, 2.75) is 18.7 Å². The van der Waals surface area contributed by atoms with Gasteiger partial charge >= 0.3 is 0 Å². The largest absolute Gasteiger partial charge is 0.454 e. The average molecular weight is 376 g/mol. The molecule has 0 fully saturated rings. The Kier molecular flexibility index (Phi) is 5.15. The van der Waals surface area contributed by atoms with Crippen LogP contribution in [0.15, 0.2) is 47.4 Å². The maximum Gasteiger partial charge on any atom is 0.240 e. The zero-order chi connectivity index (χ0) is 18.7. The summed E-state index contributed by atoms with van der Waals surface area (Å²) in [5.74, 6) is 0.764. The summed E-state index contributed by atoms with van der Waals surface area (Å²) in [6, 6.07) is 11.9. The summed E-state index contributed by atoms with van der Waals surface area (Å²) in [5, 5.41) is 0. The van der Waals surface area contributed by atoms with Crippen LogP contribution in [0.1, 0.15) is 12.5 Å². The lowest BCUT2D eigenvalue weighted by Crippen LogP contribution is -2.37. The molecule has 1 N–H and O–H groups in total. The van der Waals surface area contributed by atoms with Gasteiger partial charge in [0, 0.05) is 31.8 Å². The number of anilines is 1. The summed E-state index contributed by atoms with van der Waals surface area (Å²) in [6.45, 7) is 3.80. The molecule has 8 heteroatoms. The molecule has 0 saturated heterocycles. The molecule has 0 unspecified atom stereocenters. The van der Waals surface area contributed by atoms with Crippen molar-refractivity contribution in [1.82, 2.24) is 4.72 Å². The van der Waals surface area contributed by atoms with Crippen molar-refractivity contribution < 1.29 is 22.7 Å². The van der Waals surface area contributed by atoms with Crippen LogP contribution in [-0.4, -0.2) is 34.2 Å². The van der Waals surface area contributed by atoms with Crippen LogP contribution in [0.4, 0.5) is 5.69 Å². The summed E-state index contributed by atoms with van der Waals surface area (Å²) in [6.07, 6.45) is 0. The summed E-state index contributed by atoms with van der Waals surface area (Å²) in [7, 11) is -3.72. The van der Waals surface area contributed by atoms with E-state index in [0.717, 1.165) is 11.3 Å². The molecule has 138 valence electrons. The first-order valence-electron chi connectivity index (χ1n) is 8.11. The van der Waals surface area contributed by atoms with E-state index in [-0.39, 0.29) is 30.7 Å². The molecule has 7 nitrogen and oxygen atoms in total. The second kappa shape index (κ2) is 7.35. The number of carbonyl (C=O) groups excluding carboxylic acids is 1. The SMILES string of the molecule is CC(=O)N(CCNS(=O)(=O)c1ccc2c(c1)OCO2)c1ccc(C)cc1. The van der Waals surface area contributed by atoms with Crippen molar-refractivity contribution in [3.05, 3.63) is 48.0 Å². The highest BCUT2D eigenvalue weighted by atomic mass is 32.2. The molecule has 1 heterocycles. The Morgan fingerprint density at radius 1 is 1.12 bits per heavy atom. The maximum atomic E-state index is 12.5. The number of ether oxygens (including phenoxy) is 2. The van der Waals surface area contributed by atoms with Crippen LogP contribution in [0.25, 0.3) is 0 Å². The fourth-order valence-corrected chi connectivity index (χ4v) is 3.65. The molecule has 3 rings (SSSR count). The minimum absolute atomic E-state index is 0.0797. The van der Waals surface area contributed by atoms with Crippen molar-refractivity contribution in [3.8, 4) is 11.5 Å². The van der Waals surface area contributed by atoms with Crippen LogP contribution in [-0.2, 0) is 14.8 Å². The van der Waals surface area contributed by atoms with Crippen LogP contribution < -0.4 is 19.1 Å². The lowest BCUT2D eigenvalue weighted by Gasteiger charge is -2.21. The summed E-state index contributed by atoms with van der Waals surface area (Å²) in [4.78, 5) is 13.5. The van der Waals surface area contributed by atoms with Crippen LogP contribution in [0.5, 0.6) is 11.5 Å². The van der Waals surface area contributed by atoms with Gasteiger partial charge in [-0.25, -0.2) is 13.1 Å². The maximum absolute atomic E-state index is 12.5. The number of hydrogen-bond donors (Lipinski definition) is 1. The van der Waals surface area contributed by atoms with E-state index in [1.54, 1.807) is 6.07 Å². The molecule has 0 bridgehead atoms. The fraction of sp³-hybridized carbons (Fsp3) is 0.278. The van der Waals surface area contributed by atoms with Gasteiger partial charge in [-0.05, 0) is 31.2 Å². The predicted molar refractivity (Wildman–Crippen MR) is 97.0 cm³/mol. The zero-order valence-corrected chi connectivity index (χ0v) is 15.4. The second-order valence-electron chi connectivity index (χ2n) is 5.92. The standard InChI is InChI=1S/C18H20N2O5S/c1-13-3-5-15(6-4-13)20(14(2)21)10-9-19-26(22,23)16-7-8-17-18(11-16)25-12-24-17/h3-8,11,19H,9-10,12H2,1-2H3. The molecule has 0 saturated carbocycles. The highest BCUT2D eigenvalue weighted by Gasteiger charge is 2.20. The smallest absolute Gasteiger partial charge is 0.240 e. The van der Waals surface area contributed by atoms with E-state index < -0.39 is 10.0 Å². The molecule has 1 aliphatic heterocycles. The molecule has 0 atom stereocenters. The Hall–Kier alpha value is -2.58. The third-order valence-corrected chi connectivity index (χ3v) is 5.47. The van der Waals surface area contributed by atoms with Crippen molar-refractivity contribution in [2.75, 3.05) is 24.8 Å². The van der Waals surface area contributed by atoms with Crippen LogP contribution in [0, 0.1) is 6.92 Å². The number of carbonyl (C=O) groups is 1. The molecule has 1 aliphatic rings. The van der Waals surface area contributed by atoms with E-state index in [9.17, 15) is 13.2 Å². The molecule has 0 radical (unpaired) electrons. The van der Waals surface area contributed by atoms with Gasteiger partial charge in [-0.3, -0.25) is 4.79 Å². The summed E-state index contributed by atoms with van der Waals surface area (Å²) in [5.41, 5.74) is 1.81. The molecular weight excluding hydrogens is 356 g/mol. The highest BCUT2D eigenvalue weighted by molar-refractivity contribution is 7.89. The molecule has 0 spiro atoms. The topological polar surface area (TPSA) is 84.9 Å². The number of fused-ring (bicyclic) bond motifs is 1. The minimum atomic E-state index is -3.72. The average Bonchev–Trinajstić information content (AvgIpc) is 3.07. The molecule has 2 aromatic carbocycles. The van der Waals surface area contributed by atoms with E-state index >= 15 is 0 Å². The molecule has 0 aliphatic carbocycles. The molecule has 2 aromatic rings. The van der Waals surface area contributed by atoms with Gasteiger partial charge in [0.2, 0.25) is 22.7 Å². The first kappa shape index (κ1) is 18.2. The molecule has 26 heavy (non-hydrogen) atoms. The van der Waals surface area contributed by atoms with Gasteiger partial charge in [-0.15, -0.1) is 0 Å². The van der Waals surface area contributed by atoms with E-state index in [4.69, 9.17) is 9.47 Å². The lowest BCUT2D eigenvalue weighted by atomic mass is 10.2. The van der Waals surface area contributed by atoms with Crippen molar-refractivity contribution in [2.24, 2.45) is 0 Å². The van der Waals surface area contributed by atoms with Gasteiger partial charge in [0.05, 0.1) is 4.90 Å². The van der Waals surface area contributed by atoms with Gasteiger partial charge in [0.1, 0.15) is 0 Å². The first-order chi connectivity index (χ1) is 12.4. The lowest BCUT2D eigenvalue weighted by molar-refractivity contribution is -0.116. The number of rotatable bonds is 6. The number of amides is 1. The van der Waals surface area contributed by atoms with E-state index in [1.165, 1.54) is 24.0 Å². The highest BCUT2D eigenvalue weighted by Crippen LogP contribution is 2.33. The van der Waals surface area contributed by atoms with Gasteiger partial charge < -0.3 is 14.4 Å². The Morgan fingerprint density at radius 2 is 1.81 bits per heavy atom.